The maximum atomic E-state index is 6.42. The first-order valence-electron chi connectivity index (χ1n) is 19.0. The van der Waals surface area contributed by atoms with Crippen molar-refractivity contribution in [1.29, 1.82) is 0 Å². The Morgan fingerprint density at radius 2 is 1.09 bits per heavy atom. The molecule has 8 saturated carbocycles. The molecule has 47 heavy (non-hydrogen) atoms. The van der Waals surface area contributed by atoms with Crippen LogP contribution >= 0.6 is 0 Å². The molecule has 13 rings (SSSR count). The van der Waals surface area contributed by atoms with Crippen molar-refractivity contribution in [1.82, 2.24) is 0 Å². The van der Waals surface area contributed by atoms with Crippen LogP contribution in [0.4, 0.5) is 17.1 Å². The molecule has 5 atom stereocenters. The average molecular weight is 616 g/mol. The molecule has 0 N–H and O–H groups in total. The Morgan fingerprint density at radius 1 is 0.489 bits per heavy atom. The Kier molecular flexibility index (Phi) is 5.02. The van der Waals surface area contributed by atoms with Crippen LogP contribution in [0.3, 0.4) is 0 Å². The molecule has 8 fully saturated rings. The number of nitrogens with zero attached hydrogens (tertiary/aromatic N) is 1. The quantitative estimate of drug-likeness (QED) is 0.196. The van der Waals surface area contributed by atoms with E-state index in [0.717, 1.165) is 46.7 Å². The van der Waals surface area contributed by atoms with Gasteiger partial charge in [-0.1, -0.05) is 42.5 Å². The van der Waals surface area contributed by atoms with Gasteiger partial charge in [-0.15, -0.1) is 0 Å². The molecule has 0 radical (unpaired) electrons. The maximum Gasteiger partial charge on any atom is 0.137 e. The highest BCUT2D eigenvalue weighted by Gasteiger charge is 2.74. The summed E-state index contributed by atoms with van der Waals surface area (Å²) in [6.07, 6.45) is 17.7. The van der Waals surface area contributed by atoms with E-state index in [9.17, 15) is 0 Å². The lowest BCUT2D eigenvalue weighted by Gasteiger charge is -2.59. The summed E-state index contributed by atoms with van der Waals surface area (Å²) in [5.41, 5.74) is 10.3. The second-order valence-electron chi connectivity index (χ2n) is 17.9. The van der Waals surface area contributed by atoms with Gasteiger partial charge in [0.05, 0.1) is 0 Å². The molecule has 5 unspecified atom stereocenters. The fourth-order valence-electron chi connectivity index (χ4n) is 14.6. The van der Waals surface area contributed by atoms with Crippen LogP contribution in [-0.4, -0.2) is 0 Å². The largest absolute Gasteiger partial charge is 0.456 e. The number of para-hydroxylation sites is 1. The third-order valence-electron chi connectivity index (χ3n) is 15.6. The first-order chi connectivity index (χ1) is 23.1. The fourth-order valence-corrected chi connectivity index (χ4v) is 14.6. The fraction of sp³-hybridized carbons (Fsp3) is 0.467. The van der Waals surface area contributed by atoms with Crippen molar-refractivity contribution in [3.63, 3.8) is 0 Å². The molecule has 7 bridgehead atoms. The lowest BCUT2D eigenvalue weighted by atomic mass is 9.44. The van der Waals surface area contributed by atoms with Gasteiger partial charge in [0.25, 0.3) is 0 Å². The van der Waals surface area contributed by atoms with Gasteiger partial charge in [0.2, 0.25) is 0 Å². The van der Waals surface area contributed by atoms with Crippen molar-refractivity contribution >= 4 is 39.0 Å². The van der Waals surface area contributed by atoms with Gasteiger partial charge < -0.3 is 9.32 Å². The predicted octanol–water partition coefficient (Wildman–Crippen LogP) is 12.0. The predicted molar refractivity (Wildman–Crippen MR) is 191 cm³/mol. The monoisotopic (exact) mass is 615 g/mol. The minimum absolute atomic E-state index is 0.422. The standard InChI is InChI=1S/C45H45NO/c1-2-4-41-39(3-1)40-14-13-38(20-42(40)47-41)46(36-9-5-33(6-10-36)43-21-28-15-29(22-43)17-30(16-28)23-43)37-11-7-34(8-12-37)45-26-32-18-31-19-35(27-45)44(45,24-31)25-32/h1-14,20,28-32,35H,15-19,21-27H2. The molecule has 0 saturated heterocycles. The summed E-state index contributed by atoms with van der Waals surface area (Å²) in [5.74, 6) is 5.88. The van der Waals surface area contributed by atoms with Crippen LogP contribution in [0.25, 0.3) is 21.9 Å². The van der Waals surface area contributed by atoms with Gasteiger partial charge in [-0.3, -0.25) is 0 Å². The van der Waals surface area contributed by atoms with Crippen LogP contribution in [0.2, 0.25) is 0 Å². The maximum absolute atomic E-state index is 6.42. The number of fused-ring (bicyclic) bond motifs is 5. The molecule has 2 heteroatoms. The van der Waals surface area contributed by atoms with Gasteiger partial charge in [0.15, 0.2) is 0 Å². The highest BCUT2D eigenvalue weighted by atomic mass is 16.3. The number of benzene rings is 4. The first kappa shape index (κ1) is 26.4. The summed E-state index contributed by atoms with van der Waals surface area (Å²) < 4.78 is 6.42. The molecule has 5 aromatic rings. The number of hydrogen-bond donors (Lipinski definition) is 0. The van der Waals surface area contributed by atoms with E-state index in [1.807, 2.05) is 0 Å². The molecule has 8 aliphatic rings. The SMILES string of the molecule is c1ccc2c(c1)oc1cc(N(c3ccc(C45CC6CC(CC(C6)C4)C5)cc3)c3ccc(C45CC6CC7CC(C4)C5(C7)C6)cc3)ccc12. The minimum atomic E-state index is 0.422. The number of furan rings is 1. The third-order valence-corrected chi connectivity index (χ3v) is 15.6. The summed E-state index contributed by atoms with van der Waals surface area (Å²) in [5, 5.41) is 2.38. The van der Waals surface area contributed by atoms with E-state index in [-0.39, 0.29) is 0 Å². The van der Waals surface area contributed by atoms with E-state index < -0.39 is 0 Å². The topological polar surface area (TPSA) is 16.4 Å². The van der Waals surface area contributed by atoms with Crippen LogP contribution in [0.15, 0.2) is 95.4 Å². The molecule has 0 aliphatic heterocycles. The molecule has 0 amide bonds. The smallest absolute Gasteiger partial charge is 0.137 e. The Labute approximate surface area is 278 Å². The van der Waals surface area contributed by atoms with E-state index in [1.54, 1.807) is 11.1 Å². The van der Waals surface area contributed by atoms with Gasteiger partial charge in [-0.05, 0) is 177 Å². The summed E-state index contributed by atoms with van der Waals surface area (Å²) in [7, 11) is 0. The molecule has 8 aliphatic carbocycles. The summed E-state index contributed by atoms with van der Waals surface area (Å²) in [6, 6.07) is 35.1. The molecule has 2 nitrogen and oxygen atoms in total. The van der Waals surface area contributed by atoms with E-state index in [4.69, 9.17) is 4.42 Å². The molecule has 1 aromatic heterocycles. The number of anilines is 3. The van der Waals surface area contributed by atoms with Crippen molar-refractivity contribution in [2.45, 2.75) is 87.9 Å². The molecule has 1 spiro atoms. The van der Waals surface area contributed by atoms with Crippen molar-refractivity contribution in [3.05, 3.63) is 102 Å². The lowest BCUT2D eigenvalue weighted by Crippen LogP contribution is -2.55. The van der Waals surface area contributed by atoms with E-state index in [0.29, 0.717) is 16.2 Å². The molecular formula is C45H45NO. The van der Waals surface area contributed by atoms with Crippen molar-refractivity contribution in [2.24, 2.45) is 40.9 Å². The normalized spacial score (nSPS) is 38.7. The second-order valence-corrected chi connectivity index (χ2v) is 17.9. The van der Waals surface area contributed by atoms with Crippen LogP contribution in [-0.2, 0) is 10.8 Å². The van der Waals surface area contributed by atoms with Crippen LogP contribution < -0.4 is 4.90 Å². The summed E-state index contributed by atoms with van der Waals surface area (Å²) in [6.45, 7) is 0. The first-order valence-corrected chi connectivity index (χ1v) is 19.0. The lowest BCUT2D eigenvalue weighted by molar-refractivity contribution is -0.0355. The summed E-state index contributed by atoms with van der Waals surface area (Å²) in [4.78, 5) is 2.48. The number of rotatable bonds is 5. The Bertz CT molecular complexity index is 2030. The van der Waals surface area contributed by atoms with Crippen LogP contribution in [0.1, 0.15) is 88.2 Å². The third kappa shape index (κ3) is 3.43. The summed E-state index contributed by atoms with van der Waals surface area (Å²) >= 11 is 0. The van der Waals surface area contributed by atoms with E-state index >= 15 is 0 Å². The zero-order valence-electron chi connectivity index (χ0n) is 27.5. The van der Waals surface area contributed by atoms with E-state index in [2.05, 4.69) is 95.9 Å². The van der Waals surface area contributed by atoms with Gasteiger partial charge >= 0.3 is 0 Å². The van der Waals surface area contributed by atoms with Gasteiger partial charge in [-0.25, -0.2) is 0 Å². The van der Waals surface area contributed by atoms with Gasteiger partial charge in [-0.2, -0.15) is 0 Å². The second kappa shape index (κ2) is 8.93. The Hall–Kier alpha value is -3.52. The Balaban J connectivity index is 0.949. The zero-order valence-corrected chi connectivity index (χ0v) is 27.5. The highest BCUT2D eigenvalue weighted by Crippen LogP contribution is 2.81. The minimum Gasteiger partial charge on any atom is -0.456 e. The van der Waals surface area contributed by atoms with Crippen LogP contribution in [0, 0.1) is 40.9 Å². The van der Waals surface area contributed by atoms with Crippen molar-refractivity contribution < 1.29 is 4.42 Å². The van der Waals surface area contributed by atoms with Crippen LogP contribution in [0.5, 0.6) is 0 Å². The zero-order chi connectivity index (χ0) is 30.5. The Morgan fingerprint density at radius 3 is 1.83 bits per heavy atom. The van der Waals surface area contributed by atoms with Crippen molar-refractivity contribution in [2.75, 3.05) is 4.90 Å². The van der Waals surface area contributed by atoms with E-state index in [1.165, 1.54) is 105 Å². The molecule has 1 heterocycles. The molecular weight excluding hydrogens is 571 g/mol. The highest BCUT2D eigenvalue weighted by molar-refractivity contribution is 6.06. The van der Waals surface area contributed by atoms with Gasteiger partial charge in [0, 0.05) is 39.3 Å². The molecule has 236 valence electrons. The van der Waals surface area contributed by atoms with Crippen molar-refractivity contribution in [3.8, 4) is 0 Å². The number of hydrogen-bond acceptors (Lipinski definition) is 2. The van der Waals surface area contributed by atoms with Gasteiger partial charge in [0.1, 0.15) is 11.2 Å². The average Bonchev–Trinajstić information content (AvgIpc) is 3.61. The molecule has 4 aromatic carbocycles.